The summed E-state index contributed by atoms with van der Waals surface area (Å²) in [6.45, 7) is 0. The minimum absolute atomic E-state index is 0.0325. The highest BCUT2D eigenvalue weighted by atomic mass is 16.5. The van der Waals surface area contributed by atoms with Gasteiger partial charge in [0.05, 0.1) is 17.3 Å². The summed E-state index contributed by atoms with van der Waals surface area (Å²) < 4.78 is 7.02. The van der Waals surface area contributed by atoms with Gasteiger partial charge in [-0.15, -0.1) is 0 Å². The van der Waals surface area contributed by atoms with Crippen molar-refractivity contribution < 1.29 is 14.3 Å². The lowest BCUT2D eigenvalue weighted by molar-refractivity contribution is -0.155. The molecule has 1 aromatic heterocycles. The Labute approximate surface area is 155 Å². The van der Waals surface area contributed by atoms with Crippen LogP contribution in [0.15, 0.2) is 59.4 Å². The zero-order valence-corrected chi connectivity index (χ0v) is 14.8. The summed E-state index contributed by atoms with van der Waals surface area (Å²) in [4.78, 5) is 40.1. The zero-order chi connectivity index (χ0) is 19.4. The second-order valence-corrected chi connectivity index (χ2v) is 6.09. The van der Waals surface area contributed by atoms with Gasteiger partial charge < -0.3 is 15.0 Å². The third-order valence-electron chi connectivity index (χ3n) is 4.28. The Kier molecular flexibility index (Phi) is 5.30. The molecule has 1 amide bonds. The van der Waals surface area contributed by atoms with Crippen LogP contribution in [0.5, 0.6) is 0 Å². The molecular weight excluding hydrogens is 346 g/mol. The molecule has 0 spiro atoms. The van der Waals surface area contributed by atoms with Crippen LogP contribution in [0, 0.1) is 0 Å². The van der Waals surface area contributed by atoms with Gasteiger partial charge in [-0.05, 0) is 12.1 Å². The molecule has 2 N–H and O–H groups in total. The fraction of sp³-hybridized carbons (Fsp3) is 0.200. The van der Waals surface area contributed by atoms with Crippen molar-refractivity contribution in [1.82, 2.24) is 9.55 Å². The van der Waals surface area contributed by atoms with E-state index in [1.807, 2.05) is 12.1 Å². The zero-order valence-electron chi connectivity index (χ0n) is 14.8. The van der Waals surface area contributed by atoms with Crippen LogP contribution in [-0.4, -0.2) is 21.4 Å². The first-order valence-corrected chi connectivity index (χ1v) is 8.46. The average molecular weight is 365 g/mol. The van der Waals surface area contributed by atoms with Gasteiger partial charge in [0.15, 0.2) is 0 Å². The third kappa shape index (κ3) is 4.03. The number of esters is 1. The Morgan fingerprint density at radius 1 is 1.11 bits per heavy atom. The van der Waals surface area contributed by atoms with Crippen molar-refractivity contribution in [3.63, 3.8) is 0 Å². The van der Waals surface area contributed by atoms with Crippen LogP contribution >= 0.6 is 0 Å². The molecule has 3 rings (SSSR count). The number of aromatic nitrogens is 2. The van der Waals surface area contributed by atoms with E-state index in [1.165, 1.54) is 0 Å². The lowest BCUT2D eigenvalue weighted by Gasteiger charge is -2.15. The molecule has 7 heteroatoms. The molecule has 0 aliphatic carbocycles. The Hall–Kier alpha value is -3.48. The Balaban J connectivity index is 1.74. The maximum absolute atomic E-state index is 12.2. The minimum Gasteiger partial charge on any atom is -0.447 e. The standard InChI is InChI=1S/C20H19N3O4/c1-23-15-10-6-5-9-14(15)20(26)22-16(23)11-12-17(24)27-18(19(21)25)13-7-3-2-4-8-13/h2-10,18H,11-12H2,1H3,(H2,21,25). The largest absolute Gasteiger partial charge is 0.447 e. The van der Waals surface area contributed by atoms with E-state index >= 15 is 0 Å². The second kappa shape index (κ2) is 7.82. The molecule has 0 aliphatic heterocycles. The number of primary amides is 1. The van der Waals surface area contributed by atoms with Gasteiger partial charge >= 0.3 is 5.97 Å². The highest BCUT2D eigenvalue weighted by molar-refractivity contribution is 5.83. The van der Waals surface area contributed by atoms with Crippen LogP contribution in [0.2, 0.25) is 0 Å². The monoisotopic (exact) mass is 365 g/mol. The number of benzene rings is 2. The number of carbonyl (C=O) groups excluding carboxylic acids is 2. The molecule has 138 valence electrons. The van der Waals surface area contributed by atoms with Crippen molar-refractivity contribution >= 4 is 22.8 Å². The van der Waals surface area contributed by atoms with Gasteiger partial charge in [-0.25, -0.2) is 0 Å². The topological polar surface area (TPSA) is 104 Å². The van der Waals surface area contributed by atoms with Crippen LogP contribution in [0.4, 0.5) is 0 Å². The fourth-order valence-corrected chi connectivity index (χ4v) is 2.88. The molecular formula is C20H19N3O4. The first-order valence-electron chi connectivity index (χ1n) is 8.46. The van der Waals surface area contributed by atoms with E-state index in [1.54, 1.807) is 54.1 Å². The number of nitrogens with zero attached hydrogens (tertiary/aromatic N) is 2. The molecule has 27 heavy (non-hydrogen) atoms. The van der Waals surface area contributed by atoms with Gasteiger partial charge in [0.2, 0.25) is 6.10 Å². The number of fused-ring (bicyclic) bond motifs is 1. The first-order chi connectivity index (χ1) is 13.0. The van der Waals surface area contributed by atoms with Crippen molar-refractivity contribution in [1.29, 1.82) is 0 Å². The van der Waals surface area contributed by atoms with E-state index in [4.69, 9.17) is 10.5 Å². The Morgan fingerprint density at radius 3 is 2.48 bits per heavy atom. The average Bonchev–Trinajstić information content (AvgIpc) is 2.68. The number of amides is 1. The normalized spacial score (nSPS) is 11.9. The van der Waals surface area contributed by atoms with Crippen LogP contribution in [0.1, 0.15) is 23.9 Å². The van der Waals surface area contributed by atoms with Crippen LogP contribution in [-0.2, 0) is 27.8 Å². The molecule has 0 aliphatic rings. The number of nitrogens with two attached hydrogens (primary N) is 1. The summed E-state index contributed by atoms with van der Waals surface area (Å²) >= 11 is 0. The molecule has 7 nitrogen and oxygen atoms in total. The van der Waals surface area contributed by atoms with Gasteiger partial charge in [-0.2, -0.15) is 4.98 Å². The van der Waals surface area contributed by atoms with Crippen LogP contribution < -0.4 is 11.3 Å². The fourth-order valence-electron chi connectivity index (χ4n) is 2.88. The van der Waals surface area contributed by atoms with E-state index in [2.05, 4.69) is 4.98 Å². The van der Waals surface area contributed by atoms with E-state index in [9.17, 15) is 14.4 Å². The maximum Gasteiger partial charge on any atom is 0.307 e. The third-order valence-corrected chi connectivity index (χ3v) is 4.28. The Morgan fingerprint density at radius 2 is 1.78 bits per heavy atom. The summed E-state index contributed by atoms with van der Waals surface area (Å²) in [7, 11) is 1.78. The van der Waals surface area contributed by atoms with E-state index in [-0.39, 0.29) is 18.4 Å². The summed E-state index contributed by atoms with van der Waals surface area (Å²) in [5, 5.41) is 0.518. The smallest absolute Gasteiger partial charge is 0.307 e. The molecule has 0 bridgehead atoms. The predicted octanol–water partition coefficient (Wildman–Crippen LogP) is 1.64. The van der Waals surface area contributed by atoms with Crippen molar-refractivity contribution in [3.8, 4) is 0 Å². The van der Waals surface area contributed by atoms with E-state index in [0.717, 1.165) is 5.52 Å². The van der Waals surface area contributed by atoms with Crippen molar-refractivity contribution in [2.75, 3.05) is 0 Å². The molecule has 3 aromatic rings. The SMILES string of the molecule is Cn1c(CCC(=O)OC(C(N)=O)c2ccccc2)nc(=O)c2ccccc21. The molecule has 0 fully saturated rings. The minimum atomic E-state index is -1.15. The molecule has 0 saturated carbocycles. The molecule has 2 aromatic carbocycles. The lowest BCUT2D eigenvalue weighted by atomic mass is 10.1. The summed E-state index contributed by atoms with van der Waals surface area (Å²) in [6.07, 6.45) is -0.975. The summed E-state index contributed by atoms with van der Waals surface area (Å²) in [5.41, 5.74) is 6.26. The van der Waals surface area contributed by atoms with Crippen LogP contribution in [0.3, 0.4) is 0 Å². The van der Waals surface area contributed by atoms with E-state index in [0.29, 0.717) is 16.8 Å². The van der Waals surface area contributed by atoms with Gasteiger partial charge in [0.25, 0.3) is 11.5 Å². The van der Waals surface area contributed by atoms with E-state index < -0.39 is 18.0 Å². The summed E-state index contributed by atoms with van der Waals surface area (Å²) in [5.74, 6) is -0.873. The summed E-state index contributed by atoms with van der Waals surface area (Å²) in [6, 6.07) is 15.7. The van der Waals surface area contributed by atoms with Gasteiger partial charge in [0.1, 0.15) is 5.82 Å². The number of hydrogen-bond acceptors (Lipinski definition) is 5. The number of rotatable bonds is 6. The Bertz CT molecular complexity index is 1040. The number of carbonyl (C=O) groups is 2. The number of para-hydroxylation sites is 1. The highest BCUT2D eigenvalue weighted by Gasteiger charge is 2.22. The molecule has 0 saturated heterocycles. The molecule has 0 radical (unpaired) electrons. The maximum atomic E-state index is 12.2. The van der Waals surface area contributed by atoms with Gasteiger partial charge in [-0.3, -0.25) is 14.4 Å². The van der Waals surface area contributed by atoms with Crippen LogP contribution in [0.25, 0.3) is 10.9 Å². The highest BCUT2D eigenvalue weighted by Crippen LogP contribution is 2.18. The number of ether oxygens (including phenoxy) is 1. The molecule has 1 unspecified atom stereocenters. The van der Waals surface area contributed by atoms with Gasteiger partial charge in [0, 0.05) is 19.0 Å². The lowest BCUT2D eigenvalue weighted by Crippen LogP contribution is -2.26. The number of hydrogen-bond donors (Lipinski definition) is 1. The van der Waals surface area contributed by atoms with Gasteiger partial charge in [-0.1, -0.05) is 42.5 Å². The number of aryl methyl sites for hydroxylation is 2. The molecule has 1 atom stereocenters. The molecule has 1 heterocycles. The quantitative estimate of drug-likeness (QED) is 0.669. The first kappa shape index (κ1) is 18.3. The van der Waals surface area contributed by atoms with Crippen molar-refractivity contribution in [3.05, 3.63) is 76.3 Å². The predicted molar refractivity (Wildman–Crippen MR) is 99.8 cm³/mol. The second-order valence-electron chi connectivity index (χ2n) is 6.09. The van der Waals surface area contributed by atoms with Crippen molar-refractivity contribution in [2.45, 2.75) is 18.9 Å². The van der Waals surface area contributed by atoms with Crippen molar-refractivity contribution in [2.24, 2.45) is 12.8 Å².